The molecule has 1 aromatic carbocycles. The zero-order valence-electron chi connectivity index (χ0n) is 11.4. The quantitative estimate of drug-likeness (QED) is 0.772. The number of hydrogen-bond acceptors (Lipinski definition) is 3. The van der Waals surface area contributed by atoms with Crippen molar-refractivity contribution in [1.29, 1.82) is 0 Å². The Balaban J connectivity index is 1.81. The second-order valence-electron chi connectivity index (χ2n) is 5.21. The van der Waals surface area contributed by atoms with Gasteiger partial charge in [-0.1, -0.05) is 18.2 Å². The molecule has 0 spiro atoms. The lowest BCUT2D eigenvalue weighted by Gasteiger charge is -2.28. The number of amides is 1. The lowest BCUT2D eigenvalue weighted by molar-refractivity contribution is -0.121. The number of rotatable bonds is 4. The van der Waals surface area contributed by atoms with Gasteiger partial charge in [-0.25, -0.2) is 0 Å². The van der Waals surface area contributed by atoms with Crippen LogP contribution in [0.1, 0.15) is 31.2 Å². The first-order valence-electron chi connectivity index (χ1n) is 6.92. The first kappa shape index (κ1) is 13.9. The lowest BCUT2D eigenvalue weighted by atomic mass is 9.91. The molecule has 0 bridgehead atoms. The molecule has 0 saturated heterocycles. The Bertz CT molecular complexity index is 426. The minimum Gasteiger partial charge on any atom is -0.508 e. The average Bonchev–Trinajstić information content (AvgIpc) is 2.42. The largest absolute Gasteiger partial charge is 0.508 e. The van der Waals surface area contributed by atoms with Gasteiger partial charge < -0.3 is 15.7 Å². The summed E-state index contributed by atoms with van der Waals surface area (Å²) in [5.74, 6) is 0.186. The van der Waals surface area contributed by atoms with E-state index in [1.54, 1.807) is 18.2 Å². The Morgan fingerprint density at radius 2 is 1.84 bits per heavy atom. The number of carbonyl (C=O) groups is 1. The molecule has 1 amide bonds. The van der Waals surface area contributed by atoms with E-state index in [9.17, 15) is 9.90 Å². The topological polar surface area (TPSA) is 61.4 Å². The minimum atomic E-state index is -0.00518. The summed E-state index contributed by atoms with van der Waals surface area (Å²) in [5, 5.41) is 16.0. The number of hydrogen-bond donors (Lipinski definition) is 3. The summed E-state index contributed by atoms with van der Waals surface area (Å²) in [7, 11) is 1.99. The molecule has 19 heavy (non-hydrogen) atoms. The molecule has 4 nitrogen and oxygen atoms in total. The van der Waals surface area contributed by atoms with Gasteiger partial charge in [-0.05, 0) is 38.8 Å². The molecule has 4 heteroatoms. The van der Waals surface area contributed by atoms with Crippen LogP contribution >= 0.6 is 0 Å². The number of benzene rings is 1. The van der Waals surface area contributed by atoms with Crippen LogP contribution in [0.4, 0.5) is 0 Å². The molecule has 1 fully saturated rings. The van der Waals surface area contributed by atoms with E-state index in [0.29, 0.717) is 11.6 Å². The van der Waals surface area contributed by atoms with Crippen LogP contribution in [-0.2, 0) is 11.2 Å². The molecule has 1 aromatic rings. The number of phenols is 1. The van der Waals surface area contributed by atoms with Crippen LogP contribution in [0, 0.1) is 0 Å². The van der Waals surface area contributed by atoms with E-state index in [0.717, 1.165) is 25.7 Å². The molecule has 0 heterocycles. The van der Waals surface area contributed by atoms with Gasteiger partial charge in [0.05, 0.1) is 6.42 Å². The van der Waals surface area contributed by atoms with Gasteiger partial charge in [0, 0.05) is 17.6 Å². The van der Waals surface area contributed by atoms with Crippen molar-refractivity contribution in [3.63, 3.8) is 0 Å². The first-order valence-corrected chi connectivity index (χ1v) is 6.92. The molecule has 0 unspecified atom stereocenters. The van der Waals surface area contributed by atoms with Crippen molar-refractivity contribution in [3.05, 3.63) is 29.8 Å². The average molecular weight is 262 g/mol. The van der Waals surface area contributed by atoms with Crippen LogP contribution in [0.25, 0.3) is 0 Å². The smallest absolute Gasteiger partial charge is 0.224 e. The van der Waals surface area contributed by atoms with E-state index < -0.39 is 0 Å². The maximum Gasteiger partial charge on any atom is 0.224 e. The second-order valence-corrected chi connectivity index (χ2v) is 5.21. The van der Waals surface area contributed by atoms with E-state index in [-0.39, 0.29) is 24.1 Å². The molecule has 0 atom stereocenters. The van der Waals surface area contributed by atoms with Gasteiger partial charge in [0.25, 0.3) is 0 Å². The Labute approximate surface area is 114 Å². The highest BCUT2D eigenvalue weighted by molar-refractivity contribution is 5.79. The summed E-state index contributed by atoms with van der Waals surface area (Å²) in [6.45, 7) is 0. The molecule has 1 aliphatic carbocycles. The molecule has 0 radical (unpaired) electrons. The van der Waals surface area contributed by atoms with Crippen molar-refractivity contribution >= 4 is 5.91 Å². The van der Waals surface area contributed by atoms with Crippen molar-refractivity contribution in [3.8, 4) is 5.75 Å². The Hall–Kier alpha value is -1.55. The Morgan fingerprint density at radius 3 is 2.47 bits per heavy atom. The van der Waals surface area contributed by atoms with Gasteiger partial charge in [-0.15, -0.1) is 0 Å². The van der Waals surface area contributed by atoms with Gasteiger partial charge in [0.15, 0.2) is 0 Å². The van der Waals surface area contributed by atoms with Gasteiger partial charge in [-0.2, -0.15) is 0 Å². The van der Waals surface area contributed by atoms with Crippen molar-refractivity contribution in [2.75, 3.05) is 7.05 Å². The highest BCUT2D eigenvalue weighted by Crippen LogP contribution is 2.19. The maximum absolute atomic E-state index is 11.9. The van der Waals surface area contributed by atoms with Crippen LogP contribution in [-0.4, -0.2) is 30.1 Å². The fourth-order valence-electron chi connectivity index (χ4n) is 2.64. The van der Waals surface area contributed by atoms with Crippen molar-refractivity contribution in [2.24, 2.45) is 0 Å². The van der Waals surface area contributed by atoms with Crippen molar-refractivity contribution < 1.29 is 9.90 Å². The third-order valence-electron chi connectivity index (χ3n) is 3.84. The van der Waals surface area contributed by atoms with Gasteiger partial charge in [0.1, 0.15) is 5.75 Å². The number of phenolic OH excluding ortho intramolecular Hbond substituents is 1. The highest BCUT2D eigenvalue weighted by atomic mass is 16.3. The highest BCUT2D eigenvalue weighted by Gasteiger charge is 2.21. The number of carbonyl (C=O) groups excluding carboxylic acids is 1. The monoisotopic (exact) mass is 262 g/mol. The molecule has 1 saturated carbocycles. The van der Waals surface area contributed by atoms with Crippen LogP contribution < -0.4 is 10.6 Å². The fraction of sp³-hybridized carbons (Fsp3) is 0.533. The Kier molecular flexibility index (Phi) is 4.80. The predicted molar refractivity (Wildman–Crippen MR) is 75.1 cm³/mol. The molecule has 104 valence electrons. The molecule has 0 aromatic heterocycles. The van der Waals surface area contributed by atoms with Crippen LogP contribution in [0.2, 0.25) is 0 Å². The van der Waals surface area contributed by atoms with Crippen molar-refractivity contribution in [2.45, 2.75) is 44.2 Å². The summed E-state index contributed by atoms with van der Waals surface area (Å²) in [5.41, 5.74) is 0.684. The minimum absolute atomic E-state index is 0.00518. The van der Waals surface area contributed by atoms with Crippen LogP contribution in [0.3, 0.4) is 0 Å². The Morgan fingerprint density at radius 1 is 1.21 bits per heavy atom. The standard InChI is InChI=1S/C15H22N2O2/c1-16-12-6-8-13(9-7-12)17-15(19)10-11-4-2-3-5-14(11)18/h2-5,12-13,16,18H,6-10H2,1H3,(H,17,19). The zero-order chi connectivity index (χ0) is 13.7. The van der Waals surface area contributed by atoms with Gasteiger partial charge in [-0.3, -0.25) is 4.79 Å². The van der Waals surface area contributed by atoms with Gasteiger partial charge in [0.2, 0.25) is 5.91 Å². The van der Waals surface area contributed by atoms with Gasteiger partial charge >= 0.3 is 0 Å². The lowest BCUT2D eigenvalue weighted by Crippen LogP contribution is -2.41. The molecule has 3 N–H and O–H groups in total. The summed E-state index contributed by atoms with van der Waals surface area (Å²) >= 11 is 0. The van der Waals surface area contributed by atoms with E-state index >= 15 is 0 Å². The SMILES string of the molecule is CNC1CCC(NC(=O)Cc2ccccc2O)CC1. The second kappa shape index (κ2) is 6.57. The summed E-state index contributed by atoms with van der Waals surface area (Å²) in [4.78, 5) is 11.9. The van der Waals surface area contributed by atoms with E-state index in [1.165, 1.54) is 0 Å². The summed E-state index contributed by atoms with van der Waals surface area (Å²) < 4.78 is 0. The van der Waals surface area contributed by atoms with E-state index in [1.807, 2.05) is 13.1 Å². The molecule has 2 rings (SSSR count). The number of para-hydroxylation sites is 1. The molecular formula is C15H22N2O2. The zero-order valence-corrected chi connectivity index (χ0v) is 11.4. The molecular weight excluding hydrogens is 240 g/mol. The first-order chi connectivity index (χ1) is 9.19. The molecule has 0 aliphatic heterocycles. The summed E-state index contributed by atoms with van der Waals surface area (Å²) in [6.07, 6.45) is 4.52. The summed E-state index contributed by atoms with van der Waals surface area (Å²) in [6, 6.07) is 7.86. The van der Waals surface area contributed by atoms with Crippen LogP contribution in [0.15, 0.2) is 24.3 Å². The maximum atomic E-state index is 11.9. The third kappa shape index (κ3) is 3.96. The van der Waals surface area contributed by atoms with E-state index in [2.05, 4.69) is 10.6 Å². The normalized spacial score (nSPS) is 23.0. The predicted octanol–water partition coefficient (Wildman–Crippen LogP) is 1.58. The fourth-order valence-corrected chi connectivity index (χ4v) is 2.64. The number of aromatic hydroxyl groups is 1. The van der Waals surface area contributed by atoms with E-state index in [4.69, 9.17) is 0 Å². The third-order valence-corrected chi connectivity index (χ3v) is 3.84. The molecule has 1 aliphatic rings. The number of nitrogens with one attached hydrogen (secondary N) is 2. The van der Waals surface area contributed by atoms with Crippen molar-refractivity contribution in [1.82, 2.24) is 10.6 Å². The van der Waals surface area contributed by atoms with Crippen LogP contribution in [0.5, 0.6) is 5.75 Å².